The molecule has 13 heavy (non-hydrogen) atoms. The number of esters is 1. The molecular weight excluding hydrogens is 185 g/mol. The van der Waals surface area contributed by atoms with Crippen molar-refractivity contribution in [2.24, 2.45) is 0 Å². The minimum Gasteiger partial charge on any atom is -0.447 e. The first-order valence-corrected chi connectivity index (χ1v) is 3.63. The van der Waals surface area contributed by atoms with Crippen molar-refractivity contribution in [3.8, 4) is 0 Å². The molecule has 2 nitrogen and oxygen atoms in total. The van der Waals surface area contributed by atoms with E-state index in [1.807, 2.05) is 0 Å². The summed E-state index contributed by atoms with van der Waals surface area (Å²) in [6.07, 6.45) is -2.30. The normalized spacial score (nSPS) is 13.4. The number of hydrogen-bond donors (Lipinski definition) is 0. The summed E-state index contributed by atoms with van der Waals surface area (Å²) in [5.41, 5.74) is -2.44. The van der Waals surface area contributed by atoms with E-state index in [0.29, 0.717) is 0 Å². The predicted octanol–water partition coefficient (Wildman–Crippen LogP) is 2.45. The number of carbonyl (C=O) groups is 1. The van der Waals surface area contributed by atoms with Gasteiger partial charge < -0.3 is 4.74 Å². The molecule has 0 aliphatic heterocycles. The third-order valence-corrected chi connectivity index (χ3v) is 1.34. The first-order chi connectivity index (χ1) is 5.70. The summed E-state index contributed by atoms with van der Waals surface area (Å²) in [4.78, 5) is 10.7. The zero-order valence-corrected chi connectivity index (χ0v) is 7.61. The van der Waals surface area contributed by atoms with Crippen molar-refractivity contribution < 1.29 is 22.7 Å². The highest BCUT2D eigenvalue weighted by atomic mass is 19.4. The number of rotatable bonds is 2. The smallest absolute Gasteiger partial charge is 0.427 e. The zero-order valence-electron chi connectivity index (χ0n) is 7.61. The lowest BCUT2D eigenvalue weighted by Crippen LogP contribution is -2.43. The van der Waals surface area contributed by atoms with Crippen LogP contribution in [0.25, 0.3) is 0 Å². The van der Waals surface area contributed by atoms with Crippen LogP contribution < -0.4 is 0 Å². The van der Waals surface area contributed by atoms with E-state index in [1.165, 1.54) is 13.0 Å². The Morgan fingerprint density at radius 3 is 2.08 bits per heavy atom. The van der Waals surface area contributed by atoms with E-state index < -0.39 is 17.7 Å². The molecule has 76 valence electrons. The van der Waals surface area contributed by atoms with Crippen LogP contribution in [0, 0.1) is 0 Å². The third kappa shape index (κ3) is 3.48. The van der Waals surface area contributed by atoms with Gasteiger partial charge in [-0.2, -0.15) is 13.2 Å². The minimum atomic E-state index is -4.55. The summed E-state index contributed by atoms with van der Waals surface area (Å²) >= 11 is 0. The minimum absolute atomic E-state index is 0.800. The maximum absolute atomic E-state index is 12.1. The number of hydrogen-bond acceptors (Lipinski definition) is 2. The summed E-state index contributed by atoms with van der Waals surface area (Å²) in [5, 5.41) is 0. The summed E-state index contributed by atoms with van der Waals surface area (Å²) in [7, 11) is 0. The van der Waals surface area contributed by atoms with Gasteiger partial charge >= 0.3 is 12.1 Å². The van der Waals surface area contributed by atoms with Crippen molar-refractivity contribution in [2.75, 3.05) is 0 Å². The van der Waals surface area contributed by atoms with E-state index >= 15 is 0 Å². The fourth-order valence-corrected chi connectivity index (χ4v) is 0.479. The topological polar surface area (TPSA) is 26.3 Å². The molecule has 0 saturated heterocycles. The molecule has 0 saturated carbocycles. The van der Waals surface area contributed by atoms with Crippen LogP contribution in [0.15, 0.2) is 12.2 Å². The van der Waals surface area contributed by atoms with Gasteiger partial charge in [-0.1, -0.05) is 6.08 Å². The van der Waals surface area contributed by atoms with Gasteiger partial charge in [0.1, 0.15) is 0 Å². The Balaban J connectivity index is 4.43. The molecule has 0 aromatic carbocycles. The average molecular weight is 196 g/mol. The Hall–Kier alpha value is -1.00. The van der Waals surface area contributed by atoms with Crippen LogP contribution in [0.3, 0.4) is 0 Å². The standard InChI is InChI=1S/C8H11F3O2/c1-4-5-6(12)13-7(2,3)8(9,10)11/h4-5H,1-3H3/b5-4+. The van der Waals surface area contributed by atoms with Gasteiger partial charge in [0.2, 0.25) is 5.60 Å². The van der Waals surface area contributed by atoms with Crippen LogP contribution in [0.2, 0.25) is 0 Å². The first-order valence-electron chi connectivity index (χ1n) is 3.63. The van der Waals surface area contributed by atoms with Gasteiger partial charge in [-0.25, -0.2) is 4.79 Å². The van der Waals surface area contributed by atoms with Gasteiger partial charge in [0.25, 0.3) is 0 Å². The maximum Gasteiger partial charge on any atom is 0.427 e. The summed E-state index contributed by atoms with van der Waals surface area (Å²) in [6, 6.07) is 0. The lowest BCUT2D eigenvalue weighted by molar-refractivity contribution is -0.255. The van der Waals surface area contributed by atoms with Crippen LogP contribution in [-0.2, 0) is 9.53 Å². The van der Waals surface area contributed by atoms with Gasteiger partial charge in [0, 0.05) is 6.08 Å². The molecule has 0 spiro atoms. The van der Waals surface area contributed by atoms with Gasteiger partial charge in [-0.15, -0.1) is 0 Å². The van der Waals surface area contributed by atoms with Crippen LogP contribution in [-0.4, -0.2) is 17.7 Å². The number of carbonyl (C=O) groups excluding carboxylic acids is 1. The van der Waals surface area contributed by atoms with Crippen molar-refractivity contribution in [1.82, 2.24) is 0 Å². The van der Waals surface area contributed by atoms with Crippen molar-refractivity contribution in [1.29, 1.82) is 0 Å². The second kappa shape index (κ2) is 3.81. The summed E-state index contributed by atoms with van der Waals surface area (Å²) < 4.78 is 40.6. The largest absolute Gasteiger partial charge is 0.447 e. The number of alkyl halides is 3. The molecule has 0 aliphatic carbocycles. The van der Waals surface area contributed by atoms with Gasteiger partial charge in [-0.05, 0) is 20.8 Å². The van der Waals surface area contributed by atoms with E-state index in [9.17, 15) is 18.0 Å². The SMILES string of the molecule is C/C=C/C(=O)OC(C)(C)C(F)(F)F. The molecule has 0 bridgehead atoms. The van der Waals surface area contributed by atoms with E-state index in [1.54, 1.807) is 0 Å². The first kappa shape index (κ1) is 12.0. The van der Waals surface area contributed by atoms with E-state index in [2.05, 4.69) is 4.74 Å². The highest BCUT2D eigenvalue weighted by Gasteiger charge is 2.50. The monoisotopic (exact) mass is 196 g/mol. The molecule has 0 aliphatic rings. The number of halogens is 3. The van der Waals surface area contributed by atoms with E-state index in [0.717, 1.165) is 19.9 Å². The summed E-state index contributed by atoms with van der Waals surface area (Å²) in [6.45, 7) is 3.12. The van der Waals surface area contributed by atoms with Crippen molar-refractivity contribution in [2.45, 2.75) is 32.5 Å². The third-order valence-electron chi connectivity index (χ3n) is 1.34. The van der Waals surface area contributed by atoms with Crippen molar-refractivity contribution in [3.05, 3.63) is 12.2 Å². The molecule has 0 aromatic rings. The molecule has 0 amide bonds. The Morgan fingerprint density at radius 2 is 1.77 bits per heavy atom. The highest BCUT2D eigenvalue weighted by molar-refractivity contribution is 5.82. The molecule has 0 aromatic heterocycles. The lowest BCUT2D eigenvalue weighted by Gasteiger charge is -2.26. The lowest BCUT2D eigenvalue weighted by atomic mass is 10.1. The van der Waals surface area contributed by atoms with Gasteiger partial charge in [-0.3, -0.25) is 0 Å². The average Bonchev–Trinajstić information content (AvgIpc) is 1.83. The van der Waals surface area contributed by atoms with E-state index in [-0.39, 0.29) is 0 Å². The van der Waals surface area contributed by atoms with Crippen LogP contribution in [0.4, 0.5) is 13.2 Å². The van der Waals surface area contributed by atoms with Gasteiger partial charge in [0.15, 0.2) is 0 Å². The molecule has 0 atom stereocenters. The zero-order chi connectivity index (χ0) is 10.7. The maximum atomic E-state index is 12.1. The molecule has 0 heterocycles. The predicted molar refractivity (Wildman–Crippen MR) is 41.0 cm³/mol. The number of ether oxygens (including phenoxy) is 1. The molecule has 0 fully saturated rings. The molecular formula is C8H11F3O2. The van der Waals surface area contributed by atoms with Crippen molar-refractivity contribution in [3.63, 3.8) is 0 Å². The van der Waals surface area contributed by atoms with Gasteiger partial charge in [0.05, 0.1) is 0 Å². The fraction of sp³-hybridized carbons (Fsp3) is 0.625. The summed E-state index contributed by atoms with van der Waals surface area (Å²) in [5.74, 6) is -0.996. The van der Waals surface area contributed by atoms with Crippen molar-refractivity contribution >= 4 is 5.97 Å². The second-order valence-corrected chi connectivity index (χ2v) is 2.93. The van der Waals surface area contributed by atoms with E-state index in [4.69, 9.17) is 0 Å². The quantitative estimate of drug-likeness (QED) is 0.501. The fourth-order valence-electron chi connectivity index (χ4n) is 0.479. The Kier molecular flexibility index (Phi) is 3.51. The molecule has 0 radical (unpaired) electrons. The number of allylic oxidation sites excluding steroid dienone is 1. The Labute approximate surface area is 74.4 Å². The van der Waals surface area contributed by atoms with Crippen LogP contribution >= 0.6 is 0 Å². The molecule has 0 rings (SSSR count). The molecule has 0 unspecified atom stereocenters. The Bertz CT molecular complexity index is 216. The van der Waals surface area contributed by atoms with Crippen LogP contribution in [0.1, 0.15) is 20.8 Å². The molecule has 5 heteroatoms. The Morgan fingerprint density at radius 1 is 1.31 bits per heavy atom. The van der Waals surface area contributed by atoms with Crippen LogP contribution in [0.5, 0.6) is 0 Å². The second-order valence-electron chi connectivity index (χ2n) is 2.93. The molecule has 0 N–H and O–H groups in total. The highest BCUT2D eigenvalue weighted by Crippen LogP contribution is 2.32.